The van der Waals surface area contributed by atoms with Crippen molar-refractivity contribution in [3.8, 4) is 0 Å². The standard InChI is InChI=1S/C13H12FNO3S/c1-10-2-4-13(5-3-10)19(16,17)18-9-11-6-12(14)8-15-7-11/h2-8H,9H2,1H3. The lowest BCUT2D eigenvalue weighted by Crippen LogP contribution is -2.06. The van der Waals surface area contributed by atoms with E-state index in [-0.39, 0.29) is 11.5 Å². The average molecular weight is 281 g/mol. The van der Waals surface area contributed by atoms with E-state index in [1.54, 1.807) is 12.1 Å². The summed E-state index contributed by atoms with van der Waals surface area (Å²) in [5.74, 6) is -0.533. The minimum Gasteiger partial charge on any atom is -0.261 e. The highest BCUT2D eigenvalue weighted by atomic mass is 32.2. The molecule has 0 fully saturated rings. The first-order valence-corrected chi connectivity index (χ1v) is 6.94. The molecule has 1 heterocycles. The lowest BCUT2D eigenvalue weighted by atomic mass is 10.2. The van der Waals surface area contributed by atoms with E-state index in [4.69, 9.17) is 4.18 Å². The number of hydrogen-bond donors (Lipinski definition) is 0. The summed E-state index contributed by atoms with van der Waals surface area (Å²) >= 11 is 0. The zero-order chi connectivity index (χ0) is 13.9. The minimum atomic E-state index is -3.84. The Hall–Kier alpha value is -1.79. The Morgan fingerprint density at radius 2 is 1.89 bits per heavy atom. The van der Waals surface area contributed by atoms with Crippen LogP contribution in [0.15, 0.2) is 47.6 Å². The highest BCUT2D eigenvalue weighted by molar-refractivity contribution is 7.86. The van der Waals surface area contributed by atoms with Gasteiger partial charge in [0.1, 0.15) is 5.82 Å². The first-order chi connectivity index (χ1) is 8.97. The van der Waals surface area contributed by atoms with Crippen LogP contribution in [0, 0.1) is 12.7 Å². The molecule has 2 rings (SSSR count). The van der Waals surface area contributed by atoms with E-state index in [0.717, 1.165) is 11.8 Å². The van der Waals surface area contributed by atoms with Gasteiger partial charge in [0, 0.05) is 11.8 Å². The first-order valence-electron chi connectivity index (χ1n) is 5.53. The van der Waals surface area contributed by atoms with Crippen molar-refractivity contribution in [3.63, 3.8) is 0 Å². The molecule has 0 unspecified atom stereocenters. The SMILES string of the molecule is Cc1ccc(S(=O)(=O)OCc2cncc(F)c2)cc1. The predicted molar refractivity (Wildman–Crippen MR) is 67.3 cm³/mol. The van der Waals surface area contributed by atoms with Gasteiger partial charge in [-0.15, -0.1) is 0 Å². The van der Waals surface area contributed by atoms with Crippen LogP contribution in [0.3, 0.4) is 0 Å². The van der Waals surface area contributed by atoms with E-state index < -0.39 is 15.9 Å². The fourth-order valence-corrected chi connectivity index (χ4v) is 2.35. The van der Waals surface area contributed by atoms with Crippen LogP contribution in [0.1, 0.15) is 11.1 Å². The summed E-state index contributed by atoms with van der Waals surface area (Å²) in [5, 5.41) is 0. The highest BCUT2D eigenvalue weighted by Crippen LogP contribution is 2.15. The molecular formula is C13H12FNO3S. The fraction of sp³-hybridized carbons (Fsp3) is 0.154. The van der Waals surface area contributed by atoms with Crippen molar-refractivity contribution < 1.29 is 17.0 Å². The Kier molecular flexibility index (Phi) is 3.92. The third-order valence-electron chi connectivity index (χ3n) is 2.45. The fourth-order valence-electron chi connectivity index (χ4n) is 1.45. The lowest BCUT2D eigenvalue weighted by molar-refractivity contribution is 0.307. The molecule has 4 nitrogen and oxygen atoms in total. The second kappa shape index (κ2) is 5.46. The van der Waals surface area contributed by atoms with Crippen LogP contribution in [0.4, 0.5) is 4.39 Å². The summed E-state index contributed by atoms with van der Waals surface area (Å²) in [6.07, 6.45) is 2.39. The lowest BCUT2D eigenvalue weighted by Gasteiger charge is -2.06. The van der Waals surface area contributed by atoms with Crippen LogP contribution >= 0.6 is 0 Å². The van der Waals surface area contributed by atoms with Gasteiger partial charge in [-0.3, -0.25) is 9.17 Å². The van der Waals surface area contributed by atoms with Crippen LogP contribution in [0.5, 0.6) is 0 Å². The predicted octanol–water partition coefficient (Wildman–Crippen LogP) is 2.43. The second-order valence-electron chi connectivity index (χ2n) is 4.04. The molecule has 6 heteroatoms. The molecule has 0 saturated carbocycles. The molecule has 0 aliphatic carbocycles. The quantitative estimate of drug-likeness (QED) is 0.808. The minimum absolute atomic E-state index is 0.0717. The largest absolute Gasteiger partial charge is 0.297 e. The second-order valence-corrected chi connectivity index (χ2v) is 5.66. The Morgan fingerprint density at radius 3 is 2.53 bits per heavy atom. The molecule has 2 aromatic rings. The van der Waals surface area contributed by atoms with Crippen molar-refractivity contribution in [1.29, 1.82) is 0 Å². The normalized spacial score (nSPS) is 11.5. The van der Waals surface area contributed by atoms with Gasteiger partial charge < -0.3 is 0 Å². The van der Waals surface area contributed by atoms with Crippen molar-refractivity contribution in [2.75, 3.05) is 0 Å². The molecule has 0 atom stereocenters. The van der Waals surface area contributed by atoms with Crippen LogP contribution < -0.4 is 0 Å². The van der Waals surface area contributed by atoms with Gasteiger partial charge in [-0.25, -0.2) is 4.39 Å². The smallest absolute Gasteiger partial charge is 0.261 e. The molecule has 0 amide bonds. The number of halogens is 1. The molecular weight excluding hydrogens is 269 g/mol. The zero-order valence-electron chi connectivity index (χ0n) is 10.2. The van der Waals surface area contributed by atoms with E-state index in [2.05, 4.69) is 4.98 Å². The summed E-state index contributed by atoms with van der Waals surface area (Å²) < 4.78 is 41.5. The summed E-state index contributed by atoms with van der Waals surface area (Å²) in [5.41, 5.74) is 1.31. The molecule has 0 saturated heterocycles. The van der Waals surface area contributed by atoms with E-state index in [1.165, 1.54) is 24.4 Å². The first kappa shape index (κ1) is 13.6. The van der Waals surface area contributed by atoms with Crippen molar-refractivity contribution in [1.82, 2.24) is 4.98 Å². The van der Waals surface area contributed by atoms with Gasteiger partial charge in [0.2, 0.25) is 0 Å². The third-order valence-corrected chi connectivity index (χ3v) is 3.73. The summed E-state index contributed by atoms with van der Waals surface area (Å²) in [6, 6.07) is 7.47. The van der Waals surface area contributed by atoms with E-state index in [9.17, 15) is 12.8 Å². The number of rotatable bonds is 4. The van der Waals surface area contributed by atoms with Crippen LogP contribution in [0.25, 0.3) is 0 Å². The van der Waals surface area contributed by atoms with Gasteiger partial charge in [-0.1, -0.05) is 17.7 Å². The Bertz CT molecular complexity index is 669. The number of aryl methyl sites for hydroxylation is 1. The summed E-state index contributed by atoms with van der Waals surface area (Å²) in [6.45, 7) is 1.61. The van der Waals surface area contributed by atoms with Gasteiger partial charge in [0.15, 0.2) is 0 Å². The molecule has 0 spiro atoms. The summed E-state index contributed by atoms with van der Waals surface area (Å²) in [4.78, 5) is 3.69. The van der Waals surface area contributed by atoms with Gasteiger partial charge in [0.05, 0.1) is 17.7 Å². The molecule has 0 radical (unpaired) electrons. The molecule has 1 aromatic heterocycles. The van der Waals surface area contributed by atoms with Gasteiger partial charge in [0.25, 0.3) is 10.1 Å². The third kappa shape index (κ3) is 3.59. The highest BCUT2D eigenvalue weighted by Gasteiger charge is 2.15. The molecule has 0 aliphatic rings. The number of nitrogens with zero attached hydrogens (tertiary/aromatic N) is 1. The average Bonchev–Trinajstić information content (AvgIpc) is 2.37. The van der Waals surface area contributed by atoms with Gasteiger partial charge in [-0.05, 0) is 25.1 Å². The van der Waals surface area contributed by atoms with Crippen LogP contribution in [0.2, 0.25) is 0 Å². The number of benzene rings is 1. The maximum Gasteiger partial charge on any atom is 0.297 e. The topological polar surface area (TPSA) is 56.3 Å². The van der Waals surface area contributed by atoms with Crippen molar-refractivity contribution >= 4 is 10.1 Å². The van der Waals surface area contributed by atoms with E-state index in [1.807, 2.05) is 6.92 Å². The van der Waals surface area contributed by atoms with Crippen molar-refractivity contribution in [2.24, 2.45) is 0 Å². The maximum atomic E-state index is 12.9. The molecule has 19 heavy (non-hydrogen) atoms. The van der Waals surface area contributed by atoms with Gasteiger partial charge in [-0.2, -0.15) is 8.42 Å². The zero-order valence-corrected chi connectivity index (χ0v) is 11.0. The van der Waals surface area contributed by atoms with E-state index in [0.29, 0.717) is 5.56 Å². The maximum absolute atomic E-state index is 12.9. The number of pyridine rings is 1. The Balaban J connectivity index is 2.12. The van der Waals surface area contributed by atoms with Crippen molar-refractivity contribution in [3.05, 3.63) is 59.7 Å². The Labute approximate surface area is 111 Å². The Morgan fingerprint density at radius 1 is 1.21 bits per heavy atom. The molecule has 0 aliphatic heterocycles. The molecule has 1 aromatic carbocycles. The number of aromatic nitrogens is 1. The van der Waals surface area contributed by atoms with E-state index >= 15 is 0 Å². The van der Waals surface area contributed by atoms with Crippen LogP contribution in [-0.2, 0) is 20.9 Å². The summed E-state index contributed by atoms with van der Waals surface area (Å²) in [7, 11) is -3.84. The molecule has 0 N–H and O–H groups in total. The van der Waals surface area contributed by atoms with Crippen molar-refractivity contribution in [2.45, 2.75) is 18.4 Å². The number of hydrogen-bond acceptors (Lipinski definition) is 4. The monoisotopic (exact) mass is 281 g/mol. The molecule has 0 bridgehead atoms. The van der Waals surface area contributed by atoms with Gasteiger partial charge >= 0.3 is 0 Å². The molecule has 100 valence electrons. The van der Waals surface area contributed by atoms with Crippen LogP contribution in [-0.4, -0.2) is 13.4 Å².